The first-order valence-electron chi connectivity index (χ1n) is 7.92. The van der Waals surface area contributed by atoms with Crippen LogP contribution in [-0.4, -0.2) is 20.3 Å². The van der Waals surface area contributed by atoms with Crippen molar-refractivity contribution in [1.29, 1.82) is 0 Å². The zero-order valence-corrected chi connectivity index (χ0v) is 14.5. The van der Waals surface area contributed by atoms with E-state index in [0.29, 0.717) is 0 Å². The minimum absolute atomic E-state index is 0.0730. The summed E-state index contributed by atoms with van der Waals surface area (Å²) in [5, 5.41) is 5.85. The summed E-state index contributed by atoms with van der Waals surface area (Å²) in [6, 6.07) is 13.7. The second-order valence-electron chi connectivity index (χ2n) is 5.76. The number of benzene rings is 1. The maximum atomic E-state index is 11.1. The zero-order valence-electron chi connectivity index (χ0n) is 13.6. The average molecular weight is 348 g/mol. The monoisotopic (exact) mass is 348 g/mol. The smallest absolute Gasteiger partial charge is 0.221 e. The van der Waals surface area contributed by atoms with E-state index in [1.54, 1.807) is 11.3 Å². The van der Waals surface area contributed by atoms with Gasteiger partial charge in [-0.1, -0.05) is 18.2 Å². The van der Waals surface area contributed by atoms with Crippen LogP contribution in [-0.2, 0) is 11.2 Å². The van der Waals surface area contributed by atoms with Crippen molar-refractivity contribution < 1.29 is 4.79 Å². The van der Waals surface area contributed by atoms with Crippen molar-refractivity contribution in [1.82, 2.24) is 14.4 Å². The van der Waals surface area contributed by atoms with Crippen LogP contribution in [0.3, 0.4) is 0 Å². The Kier molecular flexibility index (Phi) is 4.03. The van der Waals surface area contributed by atoms with Crippen LogP contribution in [0.15, 0.2) is 60.2 Å². The third-order valence-electron chi connectivity index (χ3n) is 3.80. The Labute approximate surface area is 149 Å². The molecule has 3 heterocycles. The Bertz CT molecular complexity index is 1000. The topological polar surface area (TPSA) is 59.3 Å². The summed E-state index contributed by atoms with van der Waals surface area (Å²) in [6.45, 7) is 1.50. The Morgan fingerprint density at radius 1 is 1.16 bits per heavy atom. The number of nitrogens with zero attached hydrogens (tertiary/aromatic N) is 3. The molecule has 0 atom stereocenters. The molecule has 0 radical (unpaired) electrons. The molecule has 1 aromatic carbocycles. The minimum Gasteiger partial charge on any atom is -0.326 e. The number of amides is 1. The molecule has 0 spiro atoms. The molecule has 0 saturated carbocycles. The van der Waals surface area contributed by atoms with Crippen molar-refractivity contribution in [2.45, 2.75) is 13.3 Å². The fourth-order valence-corrected chi connectivity index (χ4v) is 3.50. The van der Waals surface area contributed by atoms with Gasteiger partial charge >= 0.3 is 0 Å². The summed E-state index contributed by atoms with van der Waals surface area (Å²) in [6.07, 6.45) is 4.75. The van der Waals surface area contributed by atoms with Gasteiger partial charge in [0.1, 0.15) is 5.65 Å². The number of aromatic nitrogens is 3. The molecular weight excluding hydrogens is 332 g/mol. The van der Waals surface area contributed by atoms with Crippen LogP contribution in [0, 0.1) is 0 Å². The molecule has 0 unspecified atom stereocenters. The molecule has 1 N–H and O–H groups in total. The van der Waals surface area contributed by atoms with E-state index in [1.165, 1.54) is 6.92 Å². The number of carbonyl (C=O) groups is 1. The molecule has 0 aliphatic carbocycles. The summed E-state index contributed by atoms with van der Waals surface area (Å²) in [7, 11) is 0. The van der Waals surface area contributed by atoms with Gasteiger partial charge < -0.3 is 9.72 Å². The molecule has 4 rings (SSSR count). The highest BCUT2D eigenvalue weighted by atomic mass is 32.1. The van der Waals surface area contributed by atoms with Gasteiger partial charge in [0.05, 0.1) is 16.4 Å². The van der Waals surface area contributed by atoms with Crippen LogP contribution in [0.25, 0.3) is 16.9 Å². The minimum atomic E-state index is -0.0730. The maximum Gasteiger partial charge on any atom is 0.221 e. The van der Waals surface area contributed by atoms with Gasteiger partial charge in [-0.3, -0.25) is 4.79 Å². The van der Waals surface area contributed by atoms with Crippen LogP contribution in [0.2, 0.25) is 0 Å². The molecule has 0 fully saturated rings. The van der Waals surface area contributed by atoms with E-state index < -0.39 is 0 Å². The lowest BCUT2D eigenvalue weighted by atomic mass is 10.1. The molecule has 0 aliphatic rings. The first kappa shape index (κ1) is 15.5. The fourth-order valence-electron chi connectivity index (χ4n) is 2.68. The lowest BCUT2D eigenvalue weighted by Gasteiger charge is -2.02. The van der Waals surface area contributed by atoms with Gasteiger partial charge in [-0.25, -0.2) is 9.97 Å². The van der Waals surface area contributed by atoms with Crippen molar-refractivity contribution in [3.63, 3.8) is 0 Å². The molecule has 1 amide bonds. The Morgan fingerprint density at radius 3 is 2.76 bits per heavy atom. The van der Waals surface area contributed by atoms with Crippen molar-refractivity contribution >= 4 is 28.6 Å². The third-order valence-corrected chi connectivity index (χ3v) is 4.65. The van der Waals surface area contributed by atoms with E-state index in [9.17, 15) is 4.79 Å². The van der Waals surface area contributed by atoms with Gasteiger partial charge in [0.25, 0.3) is 0 Å². The summed E-state index contributed by atoms with van der Waals surface area (Å²) >= 11 is 1.63. The Hall–Kier alpha value is -2.99. The number of nitrogens with one attached hydrogen (secondary N) is 1. The fraction of sp³-hybridized carbons (Fsp3) is 0.105. The Balaban J connectivity index is 1.52. The van der Waals surface area contributed by atoms with Gasteiger partial charge in [-0.05, 0) is 24.3 Å². The molecule has 5 nitrogen and oxygen atoms in total. The molecule has 3 aromatic heterocycles. The van der Waals surface area contributed by atoms with E-state index in [2.05, 4.69) is 15.7 Å². The SMILES string of the molecule is CC(=O)Nc1ccc(-c2csc(Cc3cn4ccccc4n3)n2)cc1. The van der Waals surface area contributed by atoms with E-state index in [-0.39, 0.29) is 5.91 Å². The van der Waals surface area contributed by atoms with Crippen molar-refractivity contribution in [3.05, 3.63) is 70.9 Å². The molecule has 0 aliphatic heterocycles. The van der Waals surface area contributed by atoms with E-state index in [4.69, 9.17) is 4.98 Å². The van der Waals surface area contributed by atoms with Crippen LogP contribution < -0.4 is 5.32 Å². The van der Waals surface area contributed by atoms with Crippen molar-refractivity contribution in [2.75, 3.05) is 5.32 Å². The quantitative estimate of drug-likeness (QED) is 0.606. The molecule has 0 saturated heterocycles. The molecule has 0 bridgehead atoms. The largest absolute Gasteiger partial charge is 0.326 e. The van der Waals surface area contributed by atoms with E-state index in [0.717, 1.165) is 39.7 Å². The highest BCUT2D eigenvalue weighted by molar-refractivity contribution is 7.10. The van der Waals surface area contributed by atoms with E-state index >= 15 is 0 Å². The number of thiazole rings is 1. The number of carbonyl (C=O) groups excluding carboxylic acids is 1. The standard InChI is InChI=1S/C19H16N4OS/c1-13(24)20-15-7-5-14(6-8-15)17-12-25-19(22-17)10-16-11-23-9-3-2-4-18(23)21-16/h2-9,11-12H,10H2,1H3,(H,20,24). The third kappa shape index (κ3) is 3.44. The number of hydrogen-bond donors (Lipinski definition) is 1. The number of imidazole rings is 1. The van der Waals surface area contributed by atoms with E-state index in [1.807, 2.05) is 59.3 Å². The predicted molar refractivity (Wildman–Crippen MR) is 99.9 cm³/mol. The number of hydrogen-bond acceptors (Lipinski definition) is 4. The summed E-state index contributed by atoms with van der Waals surface area (Å²) < 4.78 is 2.02. The lowest BCUT2D eigenvalue weighted by molar-refractivity contribution is -0.114. The average Bonchev–Trinajstić information content (AvgIpc) is 3.21. The second-order valence-corrected chi connectivity index (χ2v) is 6.70. The maximum absolute atomic E-state index is 11.1. The highest BCUT2D eigenvalue weighted by Gasteiger charge is 2.08. The summed E-state index contributed by atoms with van der Waals surface area (Å²) in [5.74, 6) is -0.0730. The Morgan fingerprint density at radius 2 is 2.00 bits per heavy atom. The lowest BCUT2D eigenvalue weighted by Crippen LogP contribution is -2.05. The van der Waals surface area contributed by atoms with Crippen LogP contribution >= 0.6 is 11.3 Å². The van der Waals surface area contributed by atoms with Gasteiger partial charge in [-0.15, -0.1) is 11.3 Å². The van der Waals surface area contributed by atoms with Crippen LogP contribution in [0.4, 0.5) is 5.69 Å². The van der Waals surface area contributed by atoms with Crippen molar-refractivity contribution in [2.24, 2.45) is 0 Å². The molecule has 4 aromatic rings. The van der Waals surface area contributed by atoms with Crippen LogP contribution in [0.1, 0.15) is 17.6 Å². The molecule has 6 heteroatoms. The first-order chi connectivity index (χ1) is 12.2. The highest BCUT2D eigenvalue weighted by Crippen LogP contribution is 2.24. The van der Waals surface area contributed by atoms with Gasteiger partial charge in [0, 0.05) is 42.4 Å². The van der Waals surface area contributed by atoms with Crippen LogP contribution in [0.5, 0.6) is 0 Å². The van der Waals surface area contributed by atoms with Crippen molar-refractivity contribution in [3.8, 4) is 11.3 Å². The number of pyridine rings is 1. The second kappa shape index (κ2) is 6.49. The predicted octanol–water partition coefficient (Wildman–Crippen LogP) is 4.01. The molecule has 124 valence electrons. The zero-order chi connectivity index (χ0) is 17.2. The van der Waals surface area contributed by atoms with Gasteiger partial charge in [0.2, 0.25) is 5.91 Å². The van der Waals surface area contributed by atoms with Gasteiger partial charge in [-0.2, -0.15) is 0 Å². The first-order valence-corrected chi connectivity index (χ1v) is 8.80. The summed E-state index contributed by atoms with van der Waals surface area (Å²) in [4.78, 5) is 20.4. The summed E-state index contributed by atoms with van der Waals surface area (Å²) in [5.41, 5.74) is 4.72. The van der Waals surface area contributed by atoms with Gasteiger partial charge in [0.15, 0.2) is 0 Å². The molecule has 25 heavy (non-hydrogen) atoms. The number of fused-ring (bicyclic) bond motifs is 1. The number of rotatable bonds is 4. The normalized spacial score (nSPS) is 10.9. The molecular formula is C19H16N4OS. The number of anilines is 1.